The van der Waals surface area contributed by atoms with E-state index in [2.05, 4.69) is 13.8 Å². The molecular weight excluding hydrogens is 536 g/mol. The van der Waals surface area contributed by atoms with E-state index in [1.807, 2.05) is 27.7 Å². The van der Waals surface area contributed by atoms with Crippen molar-refractivity contribution < 1.29 is 39.5 Å². The number of carboxylic acid groups (broad SMARTS) is 1. The molecule has 0 bridgehead atoms. The van der Waals surface area contributed by atoms with Crippen molar-refractivity contribution in [2.45, 2.75) is 142 Å². The maximum absolute atomic E-state index is 13.9. The Morgan fingerprint density at radius 3 is 2.33 bits per heavy atom. The molecule has 0 spiro atoms. The van der Waals surface area contributed by atoms with E-state index in [4.69, 9.17) is 9.47 Å². The number of benzene rings is 1. The lowest BCUT2D eigenvalue weighted by Gasteiger charge is -2.47. The number of aliphatic hydroxyl groups excluding tert-OH is 1. The van der Waals surface area contributed by atoms with Crippen molar-refractivity contribution in [3.05, 3.63) is 28.8 Å². The molecule has 10 atom stereocenters. The number of ether oxygens (including phenoxy) is 2. The number of carboxylic acids is 1. The van der Waals surface area contributed by atoms with Crippen LogP contribution in [0.5, 0.6) is 5.75 Å². The summed E-state index contributed by atoms with van der Waals surface area (Å²) < 4.78 is 13.2. The molecular formula is C34H54O8. The standard InChI is InChI=1S/C34H54O8/c1-9-25(31-21(6)18-34(11-3,42-31)26-16-17-33(40,10-2)23(8)41-26)30(37)22(7)28(35)19(4)12-14-24-15-13-20(5)29(36)27(24)32(38)39/h13,15,19,21-23,25-26,28,31,35-36,40H,9-12,14,16-18H2,1-8H3,(H,38,39)/t19-,21-,22-,23+,25-,26-,28-,31+,33+,34-/m1/s1. The molecule has 238 valence electrons. The van der Waals surface area contributed by atoms with Crippen molar-refractivity contribution in [1.29, 1.82) is 0 Å². The van der Waals surface area contributed by atoms with Gasteiger partial charge < -0.3 is 29.9 Å². The number of Topliss-reactive ketones (excluding diaryl/α,β-unsaturated/α-hetero) is 1. The number of aromatic carboxylic acids is 1. The van der Waals surface area contributed by atoms with Crippen LogP contribution in [0.4, 0.5) is 0 Å². The van der Waals surface area contributed by atoms with Crippen LogP contribution >= 0.6 is 0 Å². The van der Waals surface area contributed by atoms with Crippen LogP contribution in [0.1, 0.15) is 115 Å². The summed E-state index contributed by atoms with van der Waals surface area (Å²) in [6.45, 7) is 15.4. The third-order valence-electron chi connectivity index (χ3n) is 10.7. The van der Waals surface area contributed by atoms with E-state index < -0.39 is 29.2 Å². The van der Waals surface area contributed by atoms with Gasteiger partial charge in [0.05, 0.1) is 35.6 Å². The first-order chi connectivity index (χ1) is 19.7. The van der Waals surface area contributed by atoms with Gasteiger partial charge in [0, 0.05) is 11.8 Å². The monoisotopic (exact) mass is 590 g/mol. The third-order valence-corrected chi connectivity index (χ3v) is 10.7. The maximum Gasteiger partial charge on any atom is 0.339 e. The van der Waals surface area contributed by atoms with E-state index in [0.29, 0.717) is 49.7 Å². The molecule has 4 N–H and O–H groups in total. The highest BCUT2D eigenvalue weighted by molar-refractivity contribution is 5.93. The van der Waals surface area contributed by atoms with Crippen LogP contribution < -0.4 is 0 Å². The zero-order chi connectivity index (χ0) is 31.6. The predicted octanol–water partition coefficient (Wildman–Crippen LogP) is 5.84. The normalized spacial score (nSPS) is 32.7. The number of hydrogen-bond acceptors (Lipinski definition) is 7. The molecule has 0 unspecified atom stereocenters. The number of aromatic hydroxyl groups is 1. The molecule has 2 heterocycles. The van der Waals surface area contributed by atoms with Crippen LogP contribution in [0, 0.1) is 30.6 Å². The number of rotatable bonds is 13. The molecule has 1 aromatic rings. The minimum absolute atomic E-state index is 0.0157. The average Bonchev–Trinajstić information content (AvgIpc) is 3.31. The Morgan fingerprint density at radius 1 is 1.12 bits per heavy atom. The van der Waals surface area contributed by atoms with Gasteiger partial charge in [-0.05, 0) is 88.2 Å². The number of phenols is 1. The van der Waals surface area contributed by atoms with E-state index in [1.165, 1.54) is 0 Å². The SMILES string of the molecule is CC[C@H](C(=O)[C@H](C)[C@H](O)[C@H](C)CCc1ccc(C)c(O)c1C(=O)O)[C@H]1O[C@@](CC)([C@H]2CC[C@@](O)(CC)[C@H](C)O2)C[C@H]1C. The van der Waals surface area contributed by atoms with Gasteiger partial charge in [0.2, 0.25) is 0 Å². The fraction of sp³-hybridized carbons (Fsp3) is 0.765. The molecule has 42 heavy (non-hydrogen) atoms. The zero-order valence-electron chi connectivity index (χ0n) is 26.9. The molecule has 2 fully saturated rings. The molecule has 3 rings (SSSR count). The van der Waals surface area contributed by atoms with Crippen molar-refractivity contribution in [2.24, 2.45) is 23.7 Å². The number of aliphatic hydroxyl groups is 2. The van der Waals surface area contributed by atoms with Gasteiger partial charge in [-0.15, -0.1) is 0 Å². The molecule has 0 radical (unpaired) electrons. The first-order valence-electron chi connectivity index (χ1n) is 16.0. The van der Waals surface area contributed by atoms with E-state index >= 15 is 0 Å². The first kappa shape index (κ1) is 34.5. The second-order valence-corrected chi connectivity index (χ2v) is 13.2. The lowest BCUT2D eigenvalue weighted by molar-refractivity contribution is -0.229. The largest absolute Gasteiger partial charge is 0.507 e. The van der Waals surface area contributed by atoms with Crippen LogP contribution in [-0.2, 0) is 20.7 Å². The minimum Gasteiger partial charge on any atom is -0.507 e. The summed E-state index contributed by atoms with van der Waals surface area (Å²) in [5, 5.41) is 42.1. The smallest absolute Gasteiger partial charge is 0.339 e. The predicted molar refractivity (Wildman–Crippen MR) is 162 cm³/mol. The summed E-state index contributed by atoms with van der Waals surface area (Å²) >= 11 is 0. The molecule has 2 aliphatic heterocycles. The van der Waals surface area contributed by atoms with Gasteiger partial charge in [0.25, 0.3) is 0 Å². The third kappa shape index (κ3) is 6.72. The first-order valence-corrected chi connectivity index (χ1v) is 16.0. The second kappa shape index (κ2) is 13.7. The molecule has 8 nitrogen and oxygen atoms in total. The summed E-state index contributed by atoms with van der Waals surface area (Å²) in [4.78, 5) is 25.7. The Kier molecular flexibility index (Phi) is 11.3. The van der Waals surface area contributed by atoms with Gasteiger partial charge in [-0.1, -0.05) is 53.7 Å². The highest BCUT2D eigenvalue weighted by Crippen LogP contribution is 2.48. The number of ketones is 1. The van der Waals surface area contributed by atoms with Crippen LogP contribution in [0.2, 0.25) is 0 Å². The molecule has 0 saturated carbocycles. The lowest BCUT2D eigenvalue weighted by Crippen LogP contribution is -2.55. The fourth-order valence-corrected chi connectivity index (χ4v) is 7.45. The van der Waals surface area contributed by atoms with Gasteiger partial charge in [0.1, 0.15) is 17.1 Å². The van der Waals surface area contributed by atoms with Crippen molar-refractivity contribution in [2.75, 3.05) is 0 Å². The van der Waals surface area contributed by atoms with Crippen molar-refractivity contribution in [1.82, 2.24) is 0 Å². The molecule has 1 aromatic carbocycles. The number of aryl methyl sites for hydroxylation is 2. The highest BCUT2D eigenvalue weighted by atomic mass is 16.6. The summed E-state index contributed by atoms with van der Waals surface area (Å²) in [5.41, 5.74) is -0.437. The van der Waals surface area contributed by atoms with Crippen LogP contribution in [0.25, 0.3) is 0 Å². The topological polar surface area (TPSA) is 134 Å². The van der Waals surface area contributed by atoms with Gasteiger partial charge in [-0.3, -0.25) is 4.79 Å². The minimum atomic E-state index is -1.18. The summed E-state index contributed by atoms with van der Waals surface area (Å²) in [7, 11) is 0. The van der Waals surface area contributed by atoms with Crippen molar-refractivity contribution in [3.63, 3.8) is 0 Å². The molecule has 8 heteroatoms. The maximum atomic E-state index is 13.9. The Hall–Kier alpha value is -2.00. The van der Waals surface area contributed by atoms with Crippen LogP contribution in [-0.4, -0.2) is 67.8 Å². The lowest BCUT2D eigenvalue weighted by atomic mass is 9.76. The summed E-state index contributed by atoms with van der Waals surface area (Å²) in [6.07, 6.45) is 3.34. The Labute approximate surface area is 251 Å². The molecule has 2 saturated heterocycles. The Bertz CT molecular complexity index is 1100. The van der Waals surface area contributed by atoms with Crippen LogP contribution in [0.15, 0.2) is 12.1 Å². The van der Waals surface area contributed by atoms with Crippen molar-refractivity contribution >= 4 is 11.8 Å². The molecule has 0 aliphatic carbocycles. The molecule has 0 aromatic heterocycles. The van der Waals surface area contributed by atoms with Gasteiger partial charge in [-0.25, -0.2) is 4.79 Å². The Morgan fingerprint density at radius 2 is 1.79 bits per heavy atom. The molecule has 0 amide bonds. The second-order valence-electron chi connectivity index (χ2n) is 13.2. The number of carbonyl (C=O) groups is 2. The van der Waals surface area contributed by atoms with E-state index in [9.17, 15) is 30.0 Å². The average molecular weight is 591 g/mol. The van der Waals surface area contributed by atoms with Gasteiger partial charge >= 0.3 is 5.97 Å². The van der Waals surface area contributed by atoms with Crippen LogP contribution in [0.3, 0.4) is 0 Å². The number of hydrogen-bond donors (Lipinski definition) is 4. The van der Waals surface area contributed by atoms with Gasteiger partial charge in [-0.2, -0.15) is 0 Å². The Balaban J connectivity index is 1.69. The fourth-order valence-electron chi connectivity index (χ4n) is 7.45. The number of carbonyl (C=O) groups excluding carboxylic acids is 1. The quantitative estimate of drug-likeness (QED) is 0.225. The van der Waals surface area contributed by atoms with E-state index in [-0.39, 0.29) is 53.2 Å². The summed E-state index contributed by atoms with van der Waals surface area (Å²) in [5.74, 6) is -2.55. The van der Waals surface area contributed by atoms with Gasteiger partial charge in [0.15, 0.2) is 0 Å². The highest BCUT2D eigenvalue weighted by Gasteiger charge is 2.55. The summed E-state index contributed by atoms with van der Waals surface area (Å²) in [6, 6.07) is 3.40. The van der Waals surface area contributed by atoms with E-state index in [0.717, 1.165) is 12.8 Å². The van der Waals surface area contributed by atoms with E-state index in [1.54, 1.807) is 26.0 Å². The zero-order valence-corrected chi connectivity index (χ0v) is 26.9. The van der Waals surface area contributed by atoms with Crippen molar-refractivity contribution in [3.8, 4) is 5.75 Å². The molecule has 2 aliphatic rings.